The van der Waals surface area contributed by atoms with Crippen LogP contribution in [0.5, 0.6) is 0 Å². The number of carbonyl (C=O) groups excluding carboxylic acids is 1. The van der Waals surface area contributed by atoms with Gasteiger partial charge in [-0.05, 0) is 17.2 Å². The Labute approximate surface area is 138 Å². The minimum Gasteiger partial charge on any atom is -0.352 e. The summed E-state index contributed by atoms with van der Waals surface area (Å²) in [6, 6.07) is 15.7. The number of non-ortho nitro benzene ring substituents is 1. The predicted molar refractivity (Wildman–Crippen MR) is 90.4 cm³/mol. The summed E-state index contributed by atoms with van der Waals surface area (Å²) in [5.41, 5.74) is 2.38. The largest absolute Gasteiger partial charge is 0.352 e. The van der Waals surface area contributed by atoms with Gasteiger partial charge in [0.25, 0.3) is 5.69 Å². The maximum absolute atomic E-state index is 12.1. The third kappa shape index (κ3) is 3.55. The normalized spacial score (nSPS) is 10.5. The van der Waals surface area contributed by atoms with Crippen LogP contribution in [0.1, 0.15) is 11.1 Å². The van der Waals surface area contributed by atoms with Crippen molar-refractivity contribution in [3.05, 3.63) is 82.0 Å². The molecule has 0 aliphatic carbocycles. The van der Waals surface area contributed by atoms with Crippen molar-refractivity contribution in [3.63, 3.8) is 0 Å². The van der Waals surface area contributed by atoms with Crippen LogP contribution in [0.4, 0.5) is 5.69 Å². The van der Waals surface area contributed by atoms with E-state index in [0.29, 0.717) is 12.1 Å². The van der Waals surface area contributed by atoms with Crippen molar-refractivity contribution in [1.29, 1.82) is 0 Å². The monoisotopic (exact) mass is 321 g/mol. The van der Waals surface area contributed by atoms with Gasteiger partial charge in [-0.15, -0.1) is 0 Å². The number of nitrogens with zero attached hydrogens (tertiary/aromatic N) is 2. The first-order chi connectivity index (χ1) is 11.6. The molecule has 3 aromatic rings. The molecule has 3 rings (SSSR count). The van der Waals surface area contributed by atoms with E-state index in [1.54, 1.807) is 18.3 Å². The molecule has 2 aromatic carbocycles. The molecule has 0 atom stereocenters. The summed E-state index contributed by atoms with van der Waals surface area (Å²) in [4.78, 5) is 26.8. The number of aromatic nitrogens is 1. The molecule has 0 saturated carbocycles. The number of pyridine rings is 1. The summed E-state index contributed by atoms with van der Waals surface area (Å²) in [6.45, 7) is 0.363. The average Bonchev–Trinajstić information content (AvgIpc) is 2.60. The van der Waals surface area contributed by atoms with E-state index in [0.717, 1.165) is 16.5 Å². The topological polar surface area (TPSA) is 85.1 Å². The van der Waals surface area contributed by atoms with Crippen LogP contribution in [0, 0.1) is 10.1 Å². The molecule has 1 N–H and O–H groups in total. The zero-order valence-electron chi connectivity index (χ0n) is 12.8. The van der Waals surface area contributed by atoms with Crippen molar-refractivity contribution >= 4 is 22.5 Å². The highest BCUT2D eigenvalue weighted by atomic mass is 16.6. The minimum absolute atomic E-state index is 0.0152. The zero-order chi connectivity index (χ0) is 16.9. The molecule has 1 heterocycles. The standard InChI is InChI=1S/C18H15N3O3/c22-17(11-13-4-1-8-16(10-13)21(23)24)20-12-15-6-2-5-14-7-3-9-19-18(14)15/h1-10H,11-12H2,(H,20,22). The molecule has 0 saturated heterocycles. The van der Waals surface area contributed by atoms with Crippen LogP contribution >= 0.6 is 0 Å². The Kier molecular flexibility index (Phi) is 4.47. The van der Waals surface area contributed by atoms with E-state index in [-0.39, 0.29) is 18.0 Å². The number of rotatable bonds is 5. The van der Waals surface area contributed by atoms with Crippen molar-refractivity contribution in [2.75, 3.05) is 0 Å². The third-order valence-corrected chi connectivity index (χ3v) is 3.68. The number of amides is 1. The molecule has 0 unspecified atom stereocenters. The lowest BCUT2D eigenvalue weighted by atomic mass is 10.1. The van der Waals surface area contributed by atoms with Crippen LogP contribution < -0.4 is 5.32 Å². The van der Waals surface area contributed by atoms with Crippen molar-refractivity contribution < 1.29 is 9.72 Å². The van der Waals surface area contributed by atoms with Gasteiger partial charge in [-0.1, -0.05) is 36.4 Å². The fourth-order valence-corrected chi connectivity index (χ4v) is 2.53. The summed E-state index contributed by atoms with van der Waals surface area (Å²) in [7, 11) is 0. The summed E-state index contributed by atoms with van der Waals surface area (Å²) in [5.74, 6) is -0.191. The fraction of sp³-hybridized carbons (Fsp3) is 0.111. The van der Waals surface area contributed by atoms with Crippen LogP contribution in [0.15, 0.2) is 60.8 Å². The van der Waals surface area contributed by atoms with Gasteiger partial charge in [0.05, 0.1) is 16.9 Å². The number of nitro groups is 1. The van der Waals surface area contributed by atoms with Gasteiger partial charge in [-0.3, -0.25) is 19.9 Å². The molecular formula is C18H15N3O3. The van der Waals surface area contributed by atoms with Gasteiger partial charge in [-0.25, -0.2) is 0 Å². The number of nitro benzene ring substituents is 1. The van der Waals surface area contributed by atoms with Gasteiger partial charge < -0.3 is 5.32 Å². The van der Waals surface area contributed by atoms with Gasteiger partial charge in [-0.2, -0.15) is 0 Å². The summed E-state index contributed by atoms with van der Waals surface area (Å²) < 4.78 is 0. The lowest BCUT2D eigenvalue weighted by molar-refractivity contribution is -0.384. The Morgan fingerprint density at radius 1 is 1.12 bits per heavy atom. The molecule has 24 heavy (non-hydrogen) atoms. The van der Waals surface area contributed by atoms with E-state index >= 15 is 0 Å². The summed E-state index contributed by atoms with van der Waals surface area (Å²) in [5, 5.41) is 14.6. The van der Waals surface area contributed by atoms with Gasteiger partial charge >= 0.3 is 0 Å². The number of hydrogen-bond acceptors (Lipinski definition) is 4. The maximum atomic E-state index is 12.1. The maximum Gasteiger partial charge on any atom is 0.269 e. The van der Waals surface area contributed by atoms with Crippen molar-refractivity contribution in [2.24, 2.45) is 0 Å². The molecule has 0 aliphatic rings. The Morgan fingerprint density at radius 2 is 1.92 bits per heavy atom. The first-order valence-corrected chi connectivity index (χ1v) is 7.46. The molecule has 1 aromatic heterocycles. The number of nitrogens with one attached hydrogen (secondary N) is 1. The molecule has 0 fully saturated rings. The SMILES string of the molecule is O=C(Cc1cccc([N+](=O)[O-])c1)NCc1cccc2cccnc12. The van der Waals surface area contributed by atoms with E-state index in [4.69, 9.17) is 0 Å². The molecular weight excluding hydrogens is 306 g/mol. The molecule has 0 spiro atoms. The van der Waals surface area contributed by atoms with E-state index in [1.807, 2.05) is 30.3 Å². The second-order valence-corrected chi connectivity index (χ2v) is 5.37. The molecule has 0 bridgehead atoms. The average molecular weight is 321 g/mol. The minimum atomic E-state index is -0.469. The van der Waals surface area contributed by atoms with Gasteiger partial charge in [0.15, 0.2) is 0 Å². The van der Waals surface area contributed by atoms with Gasteiger partial charge in [0.2, 0.25) is 5.91 Å². The first kappa shape index (κ1) is 15.6. The van der Waals surface area contributed by atoms with Crippen LogP contribution in [-0.2, 0) is 17.8 Å². The Hall–Kier alpha value is -3.28. The number of carbonyl (C=O) groups is 1. The fourth-order valence-electron chi connectivity index (χ4n) is 2.53. The molecule has 120 valence electrons. The lowest BCUT2D eigenvalue weighted by Gasteiger charge is -2.08. The third-order valence-electron chi connectivity index (χ3n) is 3.68. The Morgan fingerprint density at radius 3 is 2.75 bits per heavy atom. The second-order valence-electron chi connectivity index (χ2n) is 5.37. The molecule has 6 nitrogen and oxygen atoms in total. The van der Waals surface area contributed by atoms with Gasteiger partial charge in [0.1, 0.15) is 0 Å². The van der Waals surface area contributed by atoms with Crippen molar-refractivity contribution in [2.45, 2.75) is 13.0 Å². The molecule has 0 radical (unpaired) electrons. The number of benzene rings is 2. The van der Waals surface area contributed by atoms with Crippen LogP contribution in [0.2, 0.25) is 0 Å². The van der Waals surface area contributed by atoms with Crippen molar-refractivity contribution in [3.8, 4) is 0 Å². The Balaban J connectivity index is 1.67. The molecule has 6 heteroatoms. The summed E-state index contributed by atoms with van der Waals surface area (Å²) in [6.07, 6.45) is 1.82. The Bertz CT molecular complexity index is 903. The van der Waals surface area contributed by atoms with Gasteiger partial charge in [0, 0.05) is 30.3 Å². The van der Waals surface area contributed by atoms with Crippen LogP contribution in [0.3, 0.4) is 0 Å². The highest BCUT2D eigenvalue weighted by molar-refractivity contribution is 5.83. The van der Waals surface area contributed by atoms with Crippen LogP contribution in [0.25, 0.3) is 10.9 Å². The zero-order valence-corrected chi connectivity index (χ0v) is 12.8. The quantitative estimate of drug-likeness (QED) is 0.578. The lowest BCUT2D eigenvalue weighted by Crippen LogP contribution is -2.24. The number of para-hydroxylation sites is 1. The molecule has 1 amide bonds. The predicted octanol–water partition coefficient (Wildman–Crippen LogP) is 3.00. The highest BCUT2D eigenvalue weighted by Gasteiger charge is 2.09. The van der Waals surface area contributed by atoms with E-state index in [9.17, 15) is 14.9 Å². The number of hydrogen-bond donors (Lipinski definition) is 1. The molecule has 0 aliphatic heterocycles. The first-order valence-electron chi connectivity index (χ1n) is 7.46. The van der Waals surface area contributed by atoms with Crippen LogP contribution in [-0.4, -0.2) is 15.8 Å². The van der Waals surface area contributed by atoms with E-state index in [1.165, 1.54) is 12.1 Å². The number of fused-ring (bicyclic) bond motifs is 1. The highest BCUT2D eigenvalue weighted by Crippen LogP contribution is 2.16. The smallest absolute Gasteiger partial charge is 0.269 e. The van der Waals surface area contributed by atoms with E-state index in [2.05, 4.69) is 10.3 Å². The van der Waals surface area contributed by atoms with E-state index < -0.39 is 4.92 Å². The van der Waals surface area contributed by atoms with Crippen molar-refractivity contribution in [1.82, 2.24) is 10.3 Å². The second kappa shape index (κ2) is 6.87. The summed E-state index contributed by atoms with van der Waals surface area (Å²) >= 11 is 0.